The van der Waals surface area contributed by atoms with E-state index in [-0.39, 0.29) is 23.0 Å². The Kier molecular flexibility index (Phi) is 7.81. The fourth-order valence-electron chi connectivity index (χ4n) is 3.36. The number of pyridine rings is 1. The van der Waals surface area contributed by atoms with E-state index in [2.05, 4.69) is 53.4 Å². The second kappa shape index (κ2) is 10.8. The summed E-state index contributed by atoms with van der Waals surface area (Å²) in [4.78, 5) is 33.2. The summed E-state index contributed by atoms with van der Waals surface area (Å²) in [5.74, 6) is 0.581. The highest BCUT2D eigenvalue weighted by atomic mass is 16.3. The van der Waals surface area contributed by atoms with E-state index < -0.39 is 11.8 Å². The predicted octanol–water partition coefficient (Wildman–Crippen LogP) is 3.79. The maximum absolute atomic E-state index is 12.8. The first-order chi connectivity index (χ1) is 15.8. The Bertz CT molecular complexity index is 1100. The summed E-state index contributed by atoms with van der Waals surface area (Å²) < 4.78 is 7.14. The number of nitrogens with two attached hydrogens (primary N) is 1. The molecule has 0 spiro atoms. The number of carbonyl (C=O) groups excluding carboxylic acids is 2. The van der Waals surface area contributed by atoms with Gasteiger partial charge in [0.05, 0.1) is 5.69 Å². The van der Waals surface area contributed by atoms with Crippen LogP contribution in [0.2, 0.25) is 0 Å². The molecule has 0 aliphatic heterocycles. The molecule has 0 radical (unpaired) electrons. The van der Waals surface area contributed by atoms with E-state index in [1.165, 1.54) is 6.26 Å². The summed E-state index contributed by atoms with van der Waals surface area (Å²) in [5.41, 5.74) is 6.46. The molecule has 3 rings (SSSR count). The standard InChI is InChI=1S/C23H31N7O3/c1-5-6-15(4)11-30-12-17(20(29-30)21(24)31)27-22(32)18-13-33-23(28-18)16-7-8-25-19(9-16)26-10-14(2)3/h7-9,12-15H,5-6,10-11H2,1-4H3,(H2,24,31)(H,25,26)(H,27,32). The van der Waals surface area contributed by atoms with Gasteiger partial charge in [0.2, 0.25) is 5.89 Å². The normalized spacial score (nSPS) is 12.0. The number of nitrogens with zero attached hydrogens (tertiary/aromatic N) is 4. The third kappa shape index (κ3) is 6.41. The Hall–Kier alpha value is -3.69. The number of carbonyl (C=O) groups is 2. The van der Waals surface area contributed by atoms with Crippen molar-refractivity contribution in [3.8, 4) is 11.5 Å². The van der Waals surface area contributed by atoms with E-state index in [1.807, 2.05) is 6.07 Å². The molecule has 33 heavy (non-hydrogen) atoms. The van der Waals surface area contributed by atoms with Crippen LogP contribution in [0.15, 0.2) is 35.2 Å². The van der Waals surface area contributed by atoms with E-state index in [1.54, 1.807) is 23.1 Å². The number of nitrogens with one attached hydrogen (secondary N) is 2. The zero-order chi connectivity index (χ0) is 24.0. The fourth-order valence-corrected chi connectivity index (χ4v) is 3.36. The summed E-state index contributed by atoms with van der Waals surface area (Å²) in [6, 6.07) is 3.56. The third-order valence-corrected chi connectivity index (χ3v) is 4.96. The van der Waals surface area contributed by atoms with Crippen LogP contribution in [0.5, 0.6) is 0 Å². The Balaban J connectivity index is 1.74. The van der Waals surface area contributed by atoms with Crippen LogP contribution >= 0.6 is 0 Å². The maximum atomic E-state index is 12.8. The van der Waals surface area contributed by atoms with Crippen LogP contribution in [0.1, 0.15) is 61.5 Å². The van der Waals surface area contributed by atoms with Gasteiger partial charge < -0.3 is 20.8 Å². The Morgan fingerprint density at radius 3 is 2.76 bits per heavy atom. The highest BCUT2D eigenvalue weighted by molar-refractivity contribution is 6.07. The summed E-state index contributed by atoms with van der Waals surface area (Å²) >= 11 is 0. The van der Waals surface area contributed by atoms with Crippen LogP contribution in [0, 0.1) is 11.8 Å². The molecule has 0 saturated heterocycles. The Morgan fingerprint density at radius 1 is 1.27 bits per heavy atom. The number of primary amides is 1. The van der Waals surface area contributed by atoms with Crippen molar-refractivity contribution in [2.75, 3.05) is 17.2 Å². The second-order valence-corrected chi connectivity index (χ2v) is 8.57. The minimum atomic E-state index is -0.716. The number of hydrogen-bond donors (Lipinski definition) is 3. The molecule has 2 amide bonds. The lowest BCUT2D eigenvalue weighted by molar-refractivity contribution is 0.0995. The first-order valence-corrected chi connectivity index (χ1v) is 11.1. The van der Waals surface area contributed by atoms with E-state index in [9.17, 15) is 9.59 Å². The smallest absolute Gasteiger partial charge is 0.277 e. The van der Waals surface area contributed by atoms with Gasteiger partial charge in [-0.15, -0.1) is 0 Å². The molecule has 4 N–H and O–H groups in total. The Labute approximate surface area is 193 Å². The van der Waals surface area contributed by atoms with Crippen molar-refractivity contribution in [2.45, 2.75) is 47.1 Å². The van der Waals surface area contributed by atoms with Gasteiger partial charge in [0.1, 0.15) is 12.1 Å². The lowest BCUT2D eigenvalue weighted by Crippen LogP contribution is -2.18. The van der Waals surface area contributed by atoms with Crippen LogP contribution in [-0.2, 0) is 6.54 Å². The lowest BCUT2D eigenvalue weighted by Gasteiger charge is -2.09. The summed E-state index contributed by atoms with van der Waals surface area (Å²) in [5, 5.41) is 10.2. The van der Waals surface area contributed by atoms with Crippen molar-refractivity contribution < 1.29 is 14.0 Å². The summed E-state index contributed by atoms with van der Waals surface area (Å²) in [6.45, 7) is 9.83. The van der Waals surface area contributed by atoms with E-state index in [0.717, 1.165) is 19.4 Å². The van der Waals surface area contributed by atoms with E-state index in [4.69, 9.17) is 10.2 Å². The van der Waals surface area contributed by atoms with Crippen molar-refractivity contribution in [2.24, 2.45) is 17.6 Å². The number of aromatic nitrogens is 4. The average molecular weight is 454 g/mol. The van der Waals surface area contributed by atoms with Crippen molar-refractivity contribution in [1.82, 2.24) is 19.7 Å². The lowest BCUT2D eigenvalue weighted by atomic mass is 10.1. The summed E-state index contributed by atoms with van der Waals surface area (Å²) in [6.07, 6.45) is 6.61. The minimum Gasteiger partial charge on any atom is -0.444 e. The molecule has 0 saturated carbocycles. The molecule has 10 nitrogen and oxygen atoms in total. The molecule has 10 heteroatoms. The van der Waals surface area contributed by atoms with Gasteiger partial charge in [-0.1, -0.05) is 34.1 Å². The second-order valence-electron chi connectivity index (χ2n) is 8.57. The zero-order valence-corrected chi connectivity index (χ0v) is 19.5. The van der Waals surface area contributed by atoms with Gasteiger partial charge in [-0.25, -0.2) is 9.97 Å². The molecule has 0 fully saturated rings. The van der Waals surface area contributed by atoms with Crippen molar-refractivity contribution in [3.05, 3.63) is 42.2 Å². The van der Waals surface area contributed by atoms with E-state index >= 15 is 0 Å². The largest absolute Gasteiger partial charge is 0.444 e. The number of amides is 2. The number of hydrogen-bond acceptors (Lipinski definition) is 7. The molecule has 0 bridgehead atoms. The average Bonchev–Trinajstić information content (AvgIpc) is 3.40. The van der Waals surface area contributed by atoms with Crippen molar-refractivity contribution in [1.29, 1.82) is 0 Å². The molecular formula is C23H31N7O3. The number of rotatable bonds is 11. The minimum absolute atomic E-state index is 0.00534. The van der Waals surface area contributed by atoms with Gasteiger partial charge in [0, 0.05) is 31.0 Å². The number of oxazole rings is 1. The van der Waals surface area contributed by atoms with Crippen molar-refractivity contribution in [3.63, 3.8) is 0 Å². The molecule has 1 atom stereocenters. The van der Waals surface area contributed by atoms with Gasteiger partial charge in [-0.05, 0) is 30.4 Å². The zero-order valence-electron chi connectivity index (χ0n) is 19.5. The highest BCUT2D eigenvalue weighted by Gasteiger charge is 2.20. The Morgan fingerprint density at radius 2 is 2.06 bits per heavy atom. The third-order valence-electron chi connectivity index (χ3n) is 4.96. The molecule has 0 aliphatic carbocycles. The number of anilines is 2. The quantitative estimate of drug-likeness (QED) is 0.401. The van der Waals surface area contributed by atoms with Crippen LogP contribution in [0.3, 0.4) is 0 Å². The van der Waals surface area contributed by atoms with Gasteiger partial charge in [0.15, 0.2) is 11.4 Å². The maximum Gasteiger partial charge on any atom is 0.277 e. The van der Waals surface area contributed by atoms with Crippen LogP contribution in [0.25, 0.3) is 11.5 Å². The van der Waals surface area contributed by atoms with Crippen LogP contribution in [0.4, 0.5) is 11.5 Å². The first-order valence-electron chi connectivity index (χ1n) is 11.1. The molecule has 3 heterocycles. The molecular weight excluding hydrogens is 422 g/mol. The SMILES string of the molecule is CCCC(C)Cn1cc(NC(=O)c2coc(-c3ccnc(NCC(C)C)c3)n2)c(C(N)=O)n1. The molecule has 0 aromatic carbocycles. The fraction of sp³-hybridized carbons (Fsp3) is 0.435. The van der Waals surface area contributed by atoms with Crippen LogP contribution < -0.4 is 16.4 Å². The van der Waals surface area contributed by atoms with Gasteiger partial charge >= 0.3 is 0 Å². The van der Waals surface area contributed by atoms with Gasteiger partial charge in [-0.3, -0.25) is 14.3 Å². The van der Waals surface area contributed by atoms with E-state index in [0.29, 0.717) is 29.8 Å². The predicted molar refractivity (Wildman–Crippen MR) is 126 cm³/mol. The molecule has 3 aromatic rings. The topological polar surface area (TPSA) is 141 Å². The summed E-state index contributed by atoms with van der Waals surface area (Å²) in [7, 11) is 0. The monoisotopic (exact) mass is 453 g/mol. The molecule has 1 unspecified atom stereocenters. The molecule has 176 valence electrons. The van der Waals surface area contributed by atoms with Gasteiger partial charge in [-0.2, -0.15) is 5.10 Å². The van der Waals surface area contributed by atoms with Crippen molar-refractivity contribution >= 4 is 23.3 Å². The molecule has 3 aromatic heterocycles. The highest BCUT2D eigenvalue weighted by Crippen LogP contribution is 2.22. The first kappa shape index (κ1) is 24.0. The van der Waals surface area contributed by atoms with Gasteiger partial charge in [0.25, 0.3) is 11.8 Å². The van der Waals surface area contributed by atoms with Crippen LogP contribution in [-0.4, -0.2) is 38.1 Å². The molecule has 0 aliphatic rings.